The minimum absolute atomic E-state index is 0.126. The van der Waals surface area contributed by atoms with Crippen LogP contribution in [-0.2, 0) is 14.4 Å². The number of nitrogens with one attached hydrogen (secondary N) is 1. The number of nitrogens with zero attached hydrogens (tertiary/aromatic N) is 2. The molecule has 2 aromatic rings. The molecule has 0 aromatic heterocycles. The molecule has 0 saturated carbocycles. The highest BCUT2D eigenvalue weighted by atomic mass is 79.9. The smallest absolute Gasteiger partial charge is 0.265 e. The number of benzene rings is 2. The van der Waals surface area contributed by atoms with Crippen molar-refractivity contribution < 1.29 is 19.1 Å². The molecule has 0 spiro atoms. The molecule has 2 aromatic carbocycles. The van der Waals surface area contributed by atoms with Crippen LogP contribution < -0.4 is 15.0 Å². The number of piperazine rings is 1. The minimum Gasteiger partial charge on any atom is -0.482 e. The monoisotopic (exact) mass is 443 g/mol. The Morgan fingerprint density at radius 2 is 1.96 bits per heavy atom. The number of hydrogen-bond acceptors (Lipinski definition) is 4. The molecular weight excluding hydrogens is 426 g/mol. The van der Waals surface area contributed by atoms with Crippen molar-refractivity contribution in [2.24, 2.45) is 0 Å². The molecule has 2 aliphatic rings. The van der Waals surface area contributed by atoms with Crippen molar-refractivity contribution in [3.8, 4) is 5.75 Å². The Bertz CT molecular complexity index is 934. The fraction of sp³-hybridized carbons (Fsp3) is 0.250. The van der Waals surface area contributed by atoms with E-state index < -0.39 is 6.04 Å². The molecule has 2 heterocycles. The summed E-state index contributed by atoms with van der Waals surface area (Å²) < 4.78 is 6.29. The summed E-state index contributed by atoms with van der Waals surface area (Å²) in [6.45, 7) is 0.497. The highest BCUT2D eigenvalue weighted by Crippen LogP contribution is 2.34. The molecule has 7 nitrogen and oxygen atoms in total. The molecule has 2 aliphatic heterocycles. The molecule has 144 valence electrons. The predicted octanol–water partition coefficient (Wildman–Crippen LogP) is 1.87. The van der Waals surface area contributed by atoms with Gasteiger partial charge < -0.3 is 15.0 Å². The SMILES string of the molecule is O=C1NCCN(C(=O)CN2C(=O)COc3cc(Br)ccc32)[C@H]1c1ccccc1. The third-order valence-electron chi connectivity index (χ3n) is 4.81. The number of halogens is 1. The molecule has 8 heteroatoms. The van der Waals surface area contributed by atoms with Gasteiger partial charge in [0.1, 0.15) is 18.3 Å². The first-order valence-corrected chi connectivity index (χ1v) is 9.69. The largest absolute Gasteiger partial charge is 0.482 e. The number of carbonyl (C=O) groups excluding carboxylic acids is 3. The summed E-state index contributed by atoms with van der Waals surface area (Å²) in [4.78, 5) is 41.0. The lowest BCUT2D eigenvalue weighted by Gasteiger charge is -2.37. The molecule has 4 rings (SSSR count). The summed E-state index contributed by atoms with van der Waals surface area (Å²) >= 11 is 3.38. The Morgan fingerprint density at radius 3 is 2.75 bits per heavy atom. The van der Waals surface area contributed by atoms with Gasteiger partial charge in [0.2, 0.25) is 11.8 Å². The van der Waals surface area contributed by atoms with Crippen LogP contribution in [0.25, 0.3) is 0 Å². The molecule has 1 saturated heterocycles. The Hall–Kier alpha value is -2.87. The summed E-state index contributed by atoms with van der Waals surface area (Å²) in [6, 6.07) is 13.8. The predicted molar refractivity (Wildman–Crippen MR) is 106 cm³/mol. The number of amides is 3. The first kappa shape index (κ1) is 18.5. The summed E-state index contributed by atoms with van der Waals surface area (Å²) in [6.07, 6.45) is 0. The molecule has 0 unspecified atom stereocenters. The number of fused-ring (bicyclic) bond motifs is 1. The van der Waals surface area contributed by atoms with Gasteiger partial charge in [-0.05, 0) is 23.8 Å². The van der Waals surface area contributed by atoms with Crippen LogP contribution in [-0.4, -0.2) is 48.9 Å². The third-order valence-corrected chi connectivity index (χ3v) is 5.30. The van der Waals surface area contributed by atoms with E-state index in [0.29, 0.717) is 24.5 Å². The van der Waals surface area contributed by atoms with E-state index in [-0.39, 0.29) is 30.9 Å². The van der Waals surface area contributed by atoms with Gasteiger partial charge in [-0.25, -0.2) is 0 Å². The first-order chi connectivity index (χ1) is 13.5. The van der Waals surface area contributed by atoms with E-state index >= 15 is 0 Å². The van der Waals surface area contributed by atoms with Gasteiger partial charge in [0, 0.05) is 17.6 Å². The average Bonchev–Trinajstić information content (AvgIpc) is 2.70. The Labute approximate surface area is 170 Å². The van der Waals surface area contributed by atoms with E-state index in [4.69, 9.17) is 4.74 Å². The van der Waals surface area contributed by atoms with Crippen LogP contribution >= 0.6 is 15.9 Å². The fourth-order valence-corrected chi connectivity index (χ4v) is 3.82. The number of rotatable bonds is 3. The van der Waals surface area contributed by atoms with Gasteiger partial charge in [-0.1, -0.05) is 46.3 Å². The van der Waals surface area contributed by atoms with Gasteiger partial charge in [0.15, 0.2) is 6.61 Å². The van der Waals surface area contributed by atoms with Crippen LogP contribution in [0.5, 0.6) is 5.75 Å². The number of ether oxygens (including phenoxy) is 1. The second-order valence-electron chi connectivity index (χ2n) is 6.57. The Kier molecular flexibility index (Phi) is 5.04. The van der Waals surface area contributed by atoms with Gasteiger partial charge in [0.25, 0.3) is 5.91 Å². The van der Waals surface area contributed by atoms with E-state index in [1.165, 1.54) is 9.80 Å². The van der Waals surface area contributed by atoms with Crippen molar-refractivity contribution in [2.75, 3.05) is 31.1 Å². The zero-order chi connectivity index (χ0) is 19.7. The van der Waals surface area contributed by atoms with Crippen molar-refractivity contribution in [2.45, 2.75) is 6.04 Å². The highest BCUT2D eigenvalue weighted by Gasteiger charge is 2.36. The standard InChI is InChI=1S/C20H18BrN3O4/c21-14-6-7-15-16(10-14)28-12-18(26)24(15)11-17(25)23-9-8-22-20(27)19(23)13-4-2-1-3-5-13/h1-7,10,19H,8-9,11-12H2,(H,22,27)/t19-/m0/s1. The maximum Gasteiger partial charge on any atom is 0.265 e. The van der Waals surface area contributed by atoms with Gasteiger partial charge >= 0.3 is 0 Å². The van der Waals surface area contributed by atoms with Crippen LogP contribution in [0, 0.1) is 0 Å². The van der Waals surface area contributed by atoms with E-state index in [1.807, 2.05) is 30.3 Å². The summed E-state index contributed by atoms with van der Waals surface area (Å²) in [5.74, 6) is -0.255. The highest BCUT2D eigenvalue weighted by molar-refractivity contribution is 9.10. The van der Waals surface area contributed by atoms with Crippen LogP contribution in [0.3, 0.4) is 0 Å². The summed E-state index contributed by atoms with van der Waals surface area (Å²) in [5, 5.41) is 2.81. The third kappa shape index (κ3) is 3.47. The van der Waals surface area contributed by atoms with Crippen molar-refractivity contribution >= 4 is 39.3 Å². The Balaban J connectivity index is 1.60. The van der Waals surface area contributed by atoms with Gasteiger partial charge in [0.05, 0.1) is 5.69 Å². The topological polar surface area (TPSA) is 79.0 Å². The van der Waals surface area contributed by atoms with Crippen LogP contribution in [0.2, 0.25) is 0 Å². The van der Waals surface area contributed by atoms with Crippen molar-refractivity contribution in [1.29, 1.82) is 0 Å². The number of carbonyl (C=O) groups is 3. The molecule has 1 N–H and O–H groups in total. The molecule has 1 fully saturated rings. The molecule has 0 bridgehead atoms. The van der Waals surface area contributed by atoms with E-state index in [1.54, 1.807) is 18.2 Å². The molecule has 28 heavy (non-hydrogen) atoms. The maximum absolute atomic E-state index is 13.1. The van der Waals surface area contributed by atoms with Gasteiger partial charge in [-0.15, -0.1) is 0 Å². The molecule has 1 atom stereocenters. The Morgan fingerprint density at radius 1 is 1.18 bits per heavy atom. The quantitative estimate of drug-likeness (QED) is 0.785. The lowest BCUT2D eigenvalue weighted by molar-refractivity contribution is -0.143. The fourth-order valence-electron chi connectivity index (χ4n) is 3.48. The lowest BCUT2D eigenvalue weighted by atomic mass is 10.0. The molecular formula is C20H18BrN3O4. The summed E-state index contributed by atoms with van der Waals surface area (Å²) in [7, 11) is 0. The van der Waals surface area contributed by atoms with Crippen LogP contribution in [0.4, 0.5) is 5.69 Å². The number of hydrogen-bond donors (Lipinski definition) is 1. The summed E-state index contributed by atoms with van der Waals surface area (Å²) in [5.41, 5.74) is 1.29. The molecule has 0 radical (unpaired) electrons. The van der Waals surface area contributed by atoms with Gasteiger partial charge in [-0.2, -0.15) is 0 Å². The lowest BCUT2D eigenvalue weighted by Crippen LogP contribution is -2.55. The molecule has 3 amide bonds. The van der Waals surface area contributed by atoms with Gasteiger partial charge in [-0.3, -0.25) is 19.3 Å². The van der Waals surface area contributed by atoms with Crippen LogP contribution in [0.1, 0.15) is 11.6 Å². The second kappa shape index (κ2) is 7.63. The normalized spacial score (nSPS) is 19.0. The zero-order valence-electron chi connectivity index (χ0n) is 14.9. The van der Waals surface area contributed by atoms with Crippen molar-refractivity contribution in [3.63, 3.8) is 0 Å². The van der Waals surface area contributed by atoms with Crippen molar-refractivity contribution in [3.05, 3.63) is 58.6 Å². The zero-order valence-corrected chi connectivity index (χ0v) is 16.5. The van der Waals surface area contributed by atoms with Crippen molar-refractivity contribution in [1.82, 2.24) is 10.2 Å². The average molecular weight is 444 g/mol. The molecule has 0 aliphatic carbocycles. The van der Waals surface area contributed by atoms with E-state index in [0.717, 1.165) is 10.0 Å². The number of anilines is 1. The first-order valence-electron chi connectivity index (χ1n) is 8.89. The van der Waals surface area contributed by atoms with Crippen LogP contribution in [0.15, 0.2) is 53.0 Å². The minimum atomic E-state index is -0.706. The van der Waals surface area contributed by atoms with E-state index in [9.17, 15) is 14.4 Å². The maximum atomic E-state index is 13.1. The second-order valence-corrected chi connectivity index (χ2v) is 7.49. The van der Waals surface area contributed by atoms with E-state index in [2.05, 4.69) is 21.2 Å².